The molecule has 0 spiro atoms. The highest BCUT2D eigenvalue weighted by Crippen LogP contribution is 2.15. The molecule has 0 heterocycles. The van der Waals surface area contributed by atoms with E-state index in [0.29, 0.717) is 6.54 Å². The lowest BCUT2D eigenvalue weighted by atomic mass is 10.1. The average Bonchev–Trinajstić information content (AvgIpc) is 2.35. The van der Waals surface area contributed by atoms with E-state index in [0.717, 1.165) is 11.8 Å². The number of hydrogen-bond acceptors (Lipinski definition) is 3. The van der Waals surface area contributed by atoms with E-state index in [9.17, 15) is 13.2 Å². The van der Waals surface area contributed by atoms with Crippen molar-refractivity contribution in [3.05, 3.63) is 42.5 Å². The predicted molar refractivity (Wildman–Crippen MR) is 74.7 cm³/mol. The van der Waals surface area contributed by atoms with Gasteiger partial charge in [-0.3, -0.25) is 0 Å². The van der Waals surface area contributed by atoms with Crippen LogP contribution in [-0.2, 0) is 9.84 Å². The minimum absolute atomic E-state index is 0.210. The van der Waals surface area contributed by atoms with Crippen molar-refractivity contribution in [2.24, 2.45) is 0 Å². The predicted octanol–water partition coefficient (Wildman–Crippen LogP) is 1.64. The summed E-state index contributed by atoms with van der Waals surface area (Å²) < 4.78 is 22.6. The van der Waals surface area contributed by atoms with Crippen LogP contribution >= 0.6 is 0 Å². The molecule has 0 radical (unpaired) electrons. The molecule has 0 aromatic heterocycles. The standard InChI is InChI=1S/C13H18N2O3S/c1-4-9-14-13(16)15-10(2)11-5-7-12(8-6-11)19(3,17)18/h4-8,10H,1,9H2,2-3H3,(H2,14,15,16)/t10-/m1/s1. The van der Waals surface area contributed by atoms with Crippen molar-refractivity contribution in [1.82, 2.24) is 10.6 Å². The van der Waals surface area contributed by atoms with Crippen molar-refractivity contribution in [3.8, 4) is 0 Å². The van der Waals surface area contributed by atoms with Crippen molar-refractivity contribution in [1.29, 1.82) is 0 Å². The van der Waals surface area contributed by atoms with Gasteiger partial charge in [-0.05, 0) is 24.6 Å². The molecular weight excluding hydrogens is 264 g/mol. The fourth-order valence-corrected chi connectivity index (χ4v) is 2.13. The van der Waals surface area contributed by atoms with Crippen LogP contribution in [0.1, 0.15) is 18.5 Å². The Kier molecular flexibility index (Phi) is 5.11. The van der Waals surface area contributed by atoms with E-state index in [4.69, 9.17) is 0 Å². The molecule has 0 aliphatic carbocycles. The quantitative estimate of drug-likeness (QED) is 0.806. The Morgan fingerprint density at radius 1 is 1.37 bits per heavy atom. The van der Waals surface area contributed by atoms with Gasteiger partial charge in [0, 0.05) is 12.8 Å². The number of rotatable bonds is 5. The number of sulfone groups is 1. The first-order valence-electron chi connectivity index (χ1n) is 5.80. The van der Waals surface area contributed by atoms with Crippen LogP contribution in [0, 0.1) is 0 Å². The third-order valence-corrected chi connectivity index (χ3v) is 3.69. The van der Waals surface area contributed by atoms with Gasteiger partial charge in [0.1, 0.15) is 0 Å². The molecule has 0 fully saturated rings. The molecular formula is C13H18N2O3S. The zero-order valence-corrected chi connectivity index (χ0v) is 11.8. The first-order chi connectivity index (χ1) is 8.84. The zero-order valence-electron chi connectivity index (χ0n) is 11.0. The number of carbonyl (C=O) groups is 1. The Hall–Kier alpha value is -1.82. The summed E-state index contributed by atoms with van der Waals surface area (Å²) in [4.78, 5) is 11.7. The summed E-state index contributed by atoms with van der Waals surface area (Å²) in [5.41, 5.74) is 0.834. The summed E-state index contributed by atoms with van der Waals surface area (Å²) in [6.45, 7) is 5.72. The SMILES string of the molecule is C=CCNC(=O)N[C@H](C)c1ccc(S(C)(=O)=O)cc1. The number of carbonyl (C=O) groups excluding carboxylic acids is 1. The Labute approximate surface area is 113 Å². The van der Waals surface area contributed by atoms with Crippen molar-refractivity contribution >= 4 is 15.9 Å². The van der Waals surface area contributed by atoms with E-state index < -0.39 is 9.84 Å². The maximum Gasteiger partial charge on any atom is 0.315 e. The second-order valence-electron chi connectivity index (χ2n) is 4.21. The lowest BCUT2D eigenvalue weighted by Crippen LogP contribution is -2.37. The molecule has 19 heavy (non-hydrogen) atoms. The number of benzene rings is 1. The van der Waals surface area contributed by atoms with E-state index in [1.807, 2.05) is 6.92 Å². The van der Waals surface area contributed by atoms with Gasteiger partial charge >= 0.3 is 6.03 Å². The lowest BCUT2D eigenvalue weighted by molar-refractivity contribution is 0.239. The molecule has 0 aliphatic rings. The Bertz CT molecular complexity index is 550. The van der Waals surface area contributed by atoms with Crippen molar-refractivity contribution in [2.45, 2.75) is 17.9 Å². The normalized spacial score (nSPS) is 12.5. The van der Waals surface area contributed by atoms with Crippen LogP contribution < -0.4 is 10.6 Å². The van der Waals surface area contributed by atoms with Crippen LogP contribution in [0.25, 0.3) is 0 Å². The highest BCUT2D eigenvalue weighted by atomic mass is 32.2. The van der Waals surface area contributed by atoms with E-state index in [1.54, 1.807) is 18.2 Å². The van der Waals surface area contributed by atoms with Gasteiger partial charge < -0.3 is 10.6 Å². The Morgan fingerprint density at radius 3 is 2.42 bits per heavy atom. The molecule has 1 aromatic rings. The number of hydrogen-bond donors (Lipinski definition) is 2. The maximum absolute atomic E-state index is 11.4. The molecule has 1 rings (SSSR count). The number of amides is 2. The summed E-state index contributed by atoms with van der Waals surface area (Å²) in [6.07, 6.45) is 2.75. The molecule has 0 unspecified atom stereocenters. The third-order valence-electron chi connectivity index (χ3n) is 2.56. The van der Waals surface area contributed by atoms with Crippen molar-refractivity contribution in [2.75, 3.05) is 12.8 Å². The molecule has 0 bridgehead atoms. The van der Waals surface area contributed by atoms with E-state index in [1.165, 1.54) is 12.1 Å². The number of urea groups is 1. The van der Waals surface area contributed by atoms with Crippen LogP contribution in [0.5, 0.6) is 0 Å². The minimum atomic E-state index is -3.19. The monoisotopic (exact) mass is 282 g/mol. The second kappa shape index (κ2) is 6.38. The second-order valence-corrected chi connectivity index (χ2v) is 6.22. The van der Waals surface area contributed by atoms with Gasteiger partial charge in [0.2, 0.25) is 0 Å². The first-order valence-corrected chi connectivity index (χ1v) is 7.69. The first kappa shape index (κ1) is 15.2. The molecule has 5 nitrogen and oxygen atoms in total. The molecule has 1 atom stereocenters. The van der Waals surface area contributed by atoms with Crippen LogP contribution in [0.2, 0.25) is 0 Å². The van der Waals surface area contributed by atoms with E-state index >= 15 is 0 Å². The van der Waals surface area contributed by atoms with Gasteiger partial charge in [-0.2, -0.15) is 0 Å². The van der Waals surface area contributed by atoms with E-state index in [-0.39, 0.29) is 17.0 Å². The topological polar surface area (TPSA) is 75.3 Å². The van der Waals surface area contributed by atoms with Gasteiger partial charge in [0.15, 0.2) is 9.84 Å². The van der Waals surface area contributed by atoms with Crippen LogP contribution in [-0.4, -0.2) is 27.2 Å². The lowest BCUT2D eigenvalue weighted by Gasteiger charge is -2.14. The molecule has 2 amide bonds. The van der Waals surface area contributed by atoms with Crippen LogP contribution in [0.4, 0.5) is 4.79 Å². The summed E-state index contributed by atoms with van der Waals surface area (Å²) in [5, 5.41) is 5.35. The molecule has 0 aliphatic heterocycles. The van der Waals surface area contributed by atoms with Gasteiger partial charge in [0.05, 0.1) is 10.9 Å². The molecule has 0 saturated heterocycles. The minimum Gasteiger partial charge on any atom is -0.335 e. The van der Waals surface area contributed by atoms with Crippen LogP contribution in [0.15, 0.2) is 41.8 Å². The summed E-state index contributed by atoms with van der Waals surface area (Å²) >= 11 is 0. The highest BCUT2D eigenvalue weighted by Gasteiger charge is 2.11. The van der Waals surface area contributed by atoms with Crippen LogP contribution in [0.3, 0.4) is 0 Å². The molecule has 1 aromatic carbocycles. The zero-order chi connectivity index (χ0) is 14.5. The summed E-state index contributed by atoms with van der Waals surface area (Å²) in [6, 6.07) is 5.94. The Balaban J connectivity index is 2.70. The van der Waals surface area contributed by atoms with Gasteiger partial charge in [-0.1, -0.05) is 18.2 Å². The fourth-order valence-electron chi connectivity index (χ4n) is 1.50. The third kappa shape index (κ3) is 4.75. The van der Waals surface area contributed by atoms with Gasteiger partial charge in [-0.15, -0.1) is 6.58 Å². The fraction of sp³-hybridized carbons (Fsp3) is 0.308. The largest absolute Gasteiger partial charge is 0.335 e. The number of nitrogens with one attached hydrogen (secondary N) is 2. The van der Waals surface area contributed by atoms with Crippen molar-refractivity contribution in [3.63, 3.8) is 0 Å². The van der Waals surface area contributed by atoms with E-state index in [2.05, 4.69) is 17.2 Å². The van der Waals surface area contributed by atoms with Gasteiger partial charge in [-0.25, -0.2) is 13.2 Å². The van der Waals surface area contributed by atoms with Crippen molar-refractivity contribution < 1.29 is 13.2 Å². The molecule has 104 valence electrons. The molecule has 6 heteroatoms. The smallest absolute Gasteiger partial charge is 0.315 e. The summed E-state index contributed by atoms with van der Waals surface area (Å²) in [7, 11) is -3.19. The molecule has 0 saturated carbocycles. The Morgan fingerprint density at radius 2 is 1.95 bits per heavy atom. The maximum atomic E-state index is 11.4. The highest BCUT2D eigenvalue weighted by molar-refractivity contribution is 7.90. The average molecular weight is 282 g/mol. The summed E-state index contributed by atoms with van der Waals surface area (Å²) in [5.74, 6) is 0. The molecule has 2 N–H and O–H groups in total. The van der Waals surface area contributed by atoms with Gasteiger partial charge in [0.25, 0.3) is 0 Å².